The van der Waals surface area contributed by atoms with Crippen molar-refractivity contribution in [2.75, 3.05) is 33.3 Å². The molecule has 1 aliphatic heterocycles. The molecule has 0 spiro atoms. The highest BCUT2D eigenvalue weighted by Gasteiger charge is 2.35. The summed E-state index contributed by atoms with van der Waals surface area (Å²) in [6.45, 7) is 12.4. The second kappa shape index (κ2) is 7.78. The number of carbonyl (C=O) groups is 1. The van der Waals surface area contributed by atoms with Gasteiger partial charge >= 0.3 is 0 Å². The van der Waals surface area contributed by atoms with Gasteiger partial charge in [0, 0.05) is 39.3 Å². The molecule has 2 aliphatic rings. The maximum absolute atomic E-state index is 12.3. The summed E-state index contributed by atoms with van der Waals surface area (Å²) in [6.07, 6.45) is 3.87. The third-order valence-electron chi connectivity index (χ3n) is 5.43. The number of hydrogen-bond donors (Lipinski definition) is 0. The Kier molecular flexibility index (Phi) is 6.27. The van der Waals surface area contributed by atoms with E-state index in [1.54, 1.807) is 0 Å². The molecule has 1 heterocycles. The number of nitrogens with zero attached hydrogens (tertiary/aromatic N) is 2. The largest absolute Gasteiger partial charge is 0.378 e. The maximum Gasteiger partial charge on any atom is 0.228 e. The van der Waals surface area contributed by atoms with Gasteiger partial charge in [-0.3, -0.25) is 9.69 Å². The first kappa shape index (κ1) is 17.7. The Morgan fingerprint density at radius 2 is 1.86 bits per heavy atom. The molecule has 0 radical (unpaired) electrons. The lowest BCUT2D eigenvalue weighted by molar-refractivity contribution is -0.140. The molecule has 0 aromatic heterocycles. The van der Waals surface area contributed by atoms with Crippen LogP contribution in [0.15, 0.2) is 0 Å². The summed E-state index contributed by atoms with van der Waals surface area (Å²) in [7, 11) is 1.93. The van der Waals surface area contributed by atoms with E-state index >= 15 is 0 Å². The van der Waals surface area contributed by atoms with Crippen LogP contribution in [0.5, 0.6) is 0 Å². The minimum absolute atomic E-state index is 0.215. The van der Waals surface area contributed by atoms with Gasteiger partial charge in [-0.2, -0.15) is 0 Å². The average Bonchev–Trinajstić information content (AvgIpc) is 2.32. The van der Waals surface area contributed by atoms with Gasteiger partial charge in [-0.1, -0.05) is 13.8 Å². The van der Waals surface area contributed by atoms with Crippen LogP contribution in [0, 0.1) is 17.8 Å². The van der Waals surface area contributed by atoms with E-state index in [4.69, 9.17) is 4.74 Å². The van der Waals surface area contributed by atoms with Crippen molar-refractivity contribution in [3.05, 3.63) is 0 Å². The number of likely N-dealkylation sites (tertiary alicyclic amines) is 1. The molecule has 4 heteroatoms. The number of amides is 1. The quantitative estimate of drug-likeness (QED) is 0.646. The molecule has 1 amide bonds. The molecule has 0 bridgehead atoms. The molecule has 0 atom stereocenters. The second-order valence-electron chi connectivity index (χ2n) is 7.83. The summed E-state index contributed by atoms with van der Waals surface area (Å²) < 4.78 is 5.89. The number of carbonyl (C=O) groups excluding carboxylic acids is 1. The van der Waals surface area contributed by atoms with Gasteiger partial charge < -0.3 is 9.64 Å². The van der Waals surface area contributed by atoms with Crippen LogP contribution in [0.4, 0.5) is 0 Å². The lowest BCUT2D eigenvalue weighted by Crippen LogP contribution is -2.56. The van der Waals surface area contributed by atoms with E-state index in [2.05, 4.69) is 32.6 Å². The van der Waals surface area contributed by atoms with Gasteiger partial charge in [0.1, 0.15) is 0 Å². The Balaban J connectivity index is 1.51. The molecular weight excluding hydrogens is 276 g/mol. The first-order chi connectivity index (χ1) is 10.4. The van der Waals surface area contributed by atoms with Gasteiger partial charge in [0.2, 0.25) is 5.91 Å². The van der Waals surface area contributed by atoms with Crippen molar-refractivity contribution in [2.24, 2.45) is 17.8 Å². The monoisotopic (exact) mass is 310 g/mol. The van der Waals surface area contributed by atoms with Gasteiger partial charge in [0.05, 0.1) is 12.0 Å². The van der Waals surface area contributed by atoms with Crippen molar-refractivity contribution >= 4 is 5.91 Å². The van der Waals surface area contributed by atoms with E-state index in [1.165, 1.54) is 12.8 Å². The van der Waals surface area contributed by atoms with E-state index in [9.17, 15) is 4.79 Å². The Hall–Kier alpha value is -0.610. The summed E-state index contributed by atoms with van der Waals surface area (Å²) in [5.74, 6) is 2.17. The normalized spacial score (nSPS) is 26.1. The molecule has 0 unspecified atom stereocenters. The lowest BCUT2D eigenvalue weighted by atomic mass is 9.75. The highest BCUT2D eigenvalue weighted by Crippen LogP contribution is 2.35. The Labute approximate surface area is 136 Å². The van der Waals surface area contributed by atoms with Crippen LogP contribution in [0.3, 0.4) is 0 Å². The second-order valence-corrected chi connectivity index (χ2v) is 7.83. The molecule has 0 aromatic carbocycles. The molecular formula is C18H34N2O2. The molecule has 2 fully saturated rings. The third kappa shape index (κ3) is 4.45. The summed E-state index contributed by atoms with van der Waals surface area (Å²) in [5.41, 5.74) is 0. The zero-order chi connectivity index (χ0) is 16.3. The molecule has 1 saturated heterocycles. The van der Waals surface area contributed by atoms with Crippen LogP contribution in [-0.2, 0) is 9.53 Å². The predicted octanol–water partition coefficient (Wildman–Crippen LogP) is 2.63. The van der Waals surface area contributed by atoms with Crippen LogP contribution < -0.4 is 0 Å². The van der Waals surface area contributed by atoms with Crippen molar-refractivity contribution < 1.29 is 9.53 Å². The summed E-state index contributed by atoms with van der Waals surface area (Å²) in [4.78, 5) is 16.5. The number of ether oxygens (including phenoxy) is 1. The van der Waals surface area contributed by atoms with E-state index in [1.807, 2.05) is 11.9 Å². The highest BCUT2D eigenvalue weighted by molar-refractivity contribution is 5.79. The summed E-state index contributed by atoms with van der Waals surface area (Å²) >= 11 is 0. The molecule has 1 aliphatic carbocycles. The van der Waals surface area contributed by atoms with Crippen LogP contribution >= 0.6 is 0 Å². The lowest BCUT2D eigenvalue weighted by Gasteiger charge is -2.42. The van der Waals surface area contributed by atoms with Crippen LogP contribution in [0.25, 0.3) is 0 Å². The number of hydrogen-bond acceptors (Lipinski definition) is 3. The topological polar surface area (TPSA) is 32.8 Å². The third-order valence-corrected chi connectivity index (χ3v) is 5.43. The average molecular weight is 310 g/mol. The van der Waals surface area contributed by atoms with Gasteiger partial charge in [-0.25, -0.2) is 0 Å². The van der Waals surface area contributed by atoms with Crippen molar-refractivity contribution in [3.63, 3.8) is 0 Å². The zero-order valence-electron chi connectivity index (χ0n) is 15.0. The van der Waals surface area contributed by atoms with E-state index < -0.39 is 0 Å². The highest BCUT2D eigenvalue weighted by atomic mass is 16.5. The van der Waals surface area contributed by atoms with Crippen molar-refractivity contribution in [1.82, 2.24) is 9.80 Å². The fraction of sp³-hybridized carbons (Fsp3) is 0.944. The Bertz CT molecular complexity index is 358. The molecule has 4 nitrogen and oxygen atoms in total. The SMILES string of the molecule is CC(C)C1CC(OCCCN(C)C(=O)C2CN(C(C)C)C2)C1. The van der Waals surface area contributed by atoms with Crippen LogP contribution in [0.1, 0.15) is 47.0 Å². The van der Waals surface area contributed by atoms with Crippen molar-refractivity contribution in [1.29, 1.82) is 0 Å². The van der Waals surface area contributed by atoms with E-state index in [-0.39, 0.29) is 5.92 Å². The summed E-state index contributed by atoms with van der Waals surface area (Å²) in [6, 6.07) is 0.555. The molecule has 0 N–H and O–H groups in total. The zero-order valence-corrected chi connectivity index (χ0v) is 15.0. The first-order valence-electron chi connectivity index (χ1n) is 8.99. The van der Waals surface area contributed by atoms with Crippen molar-refractivity contribution in [2.45, 2.75) is 59.1 Å². The fourth-order valence-electron chi connectivity index (χ4n) is 3.35. The fourth-order valence-corrected chi connectivity index (χ4v) is 3.35. The Morgan fingerprint density at radius 1 is 1.23 bits per heavy atom. The Morgan fingerprint density at radius 3 is 2.41 bits per heavy atom. The smallest absolute Gasteiger partial charge is 0.228 e. The van der Waals surface area contributed by atoms with E-state index in [0.717, 1.165) is 44.5 Å². The van der Waals surface area contributed by atoms with Crippen LogP contribution in [-0.4, -0.2) is 61.1 Å². The minimum Gasteiger partial charge on any atom is -0.378 e. The van der Waals surface area contributed by atoms with Crippen LogP contribution in [0.2, 0.25) is 0 Å². The van der Waals surface area contributed by atoms with Gasteiger partial charge in [0.25, 0.3) is 0 Å². The molecule has 128 valence electrons. The summed E-state index contributed by atoms with van der Waals surface area (Å²) in [5, 5.41) is 0. The maximum atomic E-state index is 12.3. The first-order valence-corrected chi connectivity index (χ1v) is 8.99. The van der Waals surface area contributed by atoms with Crippen molar-refractivity contribution in [3.8, 4) is 0 Å². The molecule has 1 saturated carbocycles. The van der Waals surface area contributed by atoms with Gasteiger partial charge in [-0.05, 0) is 44.9 Å². The van der Waals surface area contributed by atoms with Gasteiger partial charge in [0.15, 0.2) is 0 Å². The predicted molar refractivity (Wildman–Crippen MR) is 89.8 cm³/mol. The molecule has 2 rings (SSSR count). The number of rotatable bonds is 8. The molecule has 0 aromatic rings. The van der Waals surface area contributed by atoms with Gasteiger partial charge in [-0.15, -0.1) is 0 Å². The van der Waals surface area contributed by atoms with E-state index in [0.29, 0.717) is 18.1 Å². The molecule has 22 heavy (non-hydrogen) atoms. The minimum atomic E-state index is 0.215. The standard InChI is InChI=1S/C18H34N2O2/c1-13(2)15-9-17(10-15)22-8-6-7-19(5)18(21)16-11-20(12-16)14(3)4/h13-17H,6-12H2,1-5H3.